The molecule has 0 heterocycles. The average molecular weight is 194 g/mol. The standard InChI is InChI=1S/C14H26/c1-9-5-6-13-8-10(2)12(4)14(13)11(3)7-9/h9-14H,5-8H2,1-4H3. The van der Waals surface area contributed by atoms with Gasteiger partial charge in [0.25, 0.3) is 0 Å². The molecule has 2 fully saturated rings. The maximum atomic E-state index is 2.51. The van der Waals surface area contributed by atoms with Crippen molar-refractivity contribution in [1.82, 2.24) is 0 Å². The van der Waals surface area contributed by atoms with Crippen molar-refractivity contribution >= 4 is 0 Å². The first-order chi connectivity index (χ1) is 6.59. The van der Waals surface area contributed by atoms with E-state index in [0.717, 1.165) is 35.5 Å². The average Bonchev–Trinajstić information content (AvgIpc) is 2.31. The lowest BCUT2D eigenvalue weighted by molar-refractivity contribution is 0.214. The fourth-order valence-electron chi connectivity index (χ4n) is 4.36. The summed E-state index contributed by atoms with van der Waals surface area (Å²) in [4.78, 5) is 0. The third kappa shape index (κ3) is 1.73. The van der Waals surface area contributed by atoms with Gasteiger partial charge in [-0.25, -0.2) is 0 Å². The molecule has 2 saturated carbocycles. The maximum absolute atomic E-state index is 2.51. The second kappa shape index (κ2) is 3.87. The van der Waals surface area contributed by atoms with E-state index in [2.05, 4.69) is 27.7 Å². The van der Waals surface area contributed by atoms with Crippen molar-refractivity contribution in [3.8, 4) is 0 Å². The normalized spacial score (nSPS) is 54.0. The molecular weight excluding hydrogens is 168 g/mol. The Balaban J connectivity index is 2.12. The Labute approximate surface area is 89.5 Å². The van der Waals surface area contributed by atoms with Crippen LogP contribution in [-0.2, 0) is 0 Å². The summed E-state index contributed by atoms with van der Waals surface area (Å²) in [5.41, 5.74) is 0. The third-order valence-corrected chi connectivity index (χ3v) is 5.19. The van der Waals surface area contributed by atoms with Gasteiger partial charge in [-0.3, -0.25) is 0 Å². The first-order valence-electron chi connectivity index (χ1n) is 6.59. The Hall–Kier alpha value is 0. The van der Waals surface area contributed by atoms with E-state index in [4.69, 9.17) is 0 Å². The van der Waals surface area contributed by atoms with Crippen molar-refractivity contribution in [2.24, 2.45) is 35.5 Å². The largest absolute Gasteiger partial charge is 0.0625 e. The van der Waals surface area contributed by atoms with Gasteiger partial charge >= 0.3 is 0 Å². The molecule has 0 N–H and O–H groups in total. The van der Waals surface area contributed by atoms with Gasteiger partial charge in [-0.1, -0.05) is 34.1 Å². The highest BCUT2D eigenvalue weighted by Gasteiger charge is 2.42. The van der Waals surface area contributed by atoms with Crippen LogP contribution in [0.2, 0.25) is 0 Å². The van der Waals surface area contributed by atoms with Gasteiger partial charge in [0.1, 0.15) is 0 Å². The summed E-state index contributed by atoms with van der Waals surface area (Å²) in [6.07, 6.45) is 6.01. The van der Waals surface area contributed by atoms with E-state index in [1.807, 2.05) is 0 Å². The smallest absolute Gasteiger partial charge is 0.0332 e. The van der Waals surface area contributed by atoms with Crippen LogP contribution in [0.1, 0.15) is 53.4 Å². The SMILES string of the molecule is CC1CCC2CC(C)C(C)C2C(C)C1. The van der Waals surface area contributed by atoms with E-state index >= 15 is 0 Å². The molecule has 2 rings (SSSR count). The molecule has 6 atom stereocenters. The van der Waals surface area contributed by atoms with Crippen molar-refractivity contribution in [2.45, 2.75) is 53.4 Å². The van der Waals surface area contributed by atoms with Crippen LogP contribution in [0.4, 0.5) is 0 Å². The lowest BCUT2D eigenvalue weighted by Crippen LogP contribution is -2.21. The molecule has 0 aromatic rings. The molecule has 0 saturated heterocycles. The van der Waals surface area contributed by atoms with Crippen LogP contribution < -0.4 is 0 Å². The summed E-state index contributed by atoms with van der Waals surface area (Å²) in [7, 11) is 0. The third-order valence-electron chi connectivity index (χ3n) is 5.19. The molecule has 0 amide bonds. The molecular formula is C14H26. The monoisotopic (exact) mass is 194 g/mol. The van der Waals surface area contributed by atoms with Crippen LogP contribution in [-0.4, -0.2) is 0 Å². The van der Waals surface area contributed by atoms with E-state index in [0.29, 0.717) is 0 Å². The Bertz CT molecular complexity index is 196. The number of fused-ring (bicyclic) bond motifs is 1. The van der Waals surface area contributed by atoms with Crippen LogP contribution in [0.5, 0.6) is 0 Å². The molecule has 82 valence electrons. The fraction of sp³-hybridized carbons (Fsp3) is 1.00. The highest BCUT2D eigenvalue weighted by atomic mass is 14.5. The van der Waals surface area contributed by atoms with Gasteiger partial charge < -0.3 is 0 Å². The lowest BCUT2D eigenvalue weighted by Gasteiger charge is -2.27. The molecule has 0 nitrogen and oxygen atoms in total. The Morgan fingerprint density at radius 2 is 1.50 bits per heavy atom. The highest BCUT2D eigenvalue weighted by molar-refractivity contribution is 4.91. The predicted octanol–water partition coefficient (Wildman–Crippen LogP) is 4.35. The first-order valence-corrected chi connectivity index (χ1v) is 6.59. The summed E-state index contributed by atoms with van der Waals surface area (Å²) in [5.74, 6) is 6.06. The van der Waals surface area contributed by atoms with Gasteiger partial charge in [-0.05, 0) is 54.8 Å². The topological polar surface area (TPSA) is 0 Å². The molecule has 0 aliphatic heterocycles. The maximum Gasteiger partial charge on any atom is -0.0332 e. The summed E-state index contributed by atoms with van der Waals surface area (Å²) in [6, 6.07) is 0. The molecule has 0 bridgehead atoms. The van der Waals surface area contributed by atoms with Crippen LogP contribution in [0, 0.1) is 35.5 Å². The van der Waals surface area contributed by atoms with E-state index < -0.39 is 0 Å². The molecule has 14 heavy (non-hydrogen) atoms. The van der Waals surface area contributed by atoms with Gasteiger partial charge in [0.05, 0.1) is 0 Å². The second-order valence-corrected chi connectivity index (χ2v) is 6.31. The molecule has 0 spiro atoms. The van der Waals surface area contributed by atoms with Gasteiger partial charge in [-0.2, -0.15) is 0 Å². The number of rotatable bonds is 0. The molecule has 0 heteroatoms. The summed E-state index contributed by atoms with van der Waals surface area (Å²) < 4.78 is 0. The molecule has 6 unspecified atom stereocenters. The minimum absolute atomic E-state index is 0.984. The summed E-state index contributed by atoms with van der Waals surface area (Å²) in [6.45, 7) is 9.93. The minimum Gasteiger partial charge on any atom is -0.0625 e. The van der Waals surface area contributed by atoms with Gasteiger partial charge in [-0.15, -0.1) is 0 Å². The number of hydrogen-bond acceptors (Lipinski definition) is 0. The molecule has 2 aliphatic rings. The zero-order valence-corrected chi connectivity index (χ0v) is 10.3. The quantitative estimate of drug-likeness (QED) is 0.538. The molecule has 0 radical (unpaired) electrons. The second-order valence-electron chi connectivity index (χ2n) is 6.31. The highest BCUT2D eigenvalue weighted by Crippen LogP contribution is 2.50. The van der Waals surface area contributed by atoms with Crippen molar-refractivity contribution in [3.63, 3.8) is 0 Å². The lowest BCUT2D eigenvalue weighted by atomic mass is 9.78. The first kappa shape index (κ1) is 10.5. The zero-order valence-electron chi connectivity index (χ0n) is 10.3. The molecule has 0 aromatic carbocycles. The van der Waals surface area contributed by atoms with Crippen molar-refractivity contribution in [2.75, 3.05) is 0 Å². The van der Waals surface area contributed by atoms with Crippen LogP contribution >= 0.6 is 0 Å². The van der Waals surface area contributed by atoms with E-state index in [-0.39, 0.29) is 0 Å². The van der Waals surface area contributed by atoms with Gasteiger partial charge in [0, 0.05) is 0 Å². The predicted molar refractivity (Wildman–Crippen MR) is 62.1 cm³/mol. The van der Waals surface area contributed by atoms with Crippen molar-refractivity contribution in [3.05, 3.63) is 0 Å². The van der Waals surface area contributed by atoms with E-state index in [1.165, 1.54) is 25.7 Å². The van der Waals surface area contributed by atoms with Gasteiger partial charge in [0.2, 0.25) is 0 Å². The Morgan fingerprint density at radius 3 is 2.21 bits per heavy atom. The van der Waals surface area contributed by atoms with E-state index in [1.54, 1.807) is 0 Å². The van der Waals surface area contributed by atoms with Crippen molar-refractivity contribution in [1.29, 1.82) is 0 Å². The Morgan fingerprint density at radius 1 is 0.786 bits per heavy atom. The van der Waals surface area contributed by atoms with Crippen molar-refractivity contribution < 1.29 is 0 Å². The molecule has 0 aromatic heterocycles. The minimum atomic E-state index is 0.984. The fourth-order valence-corrected chi connectivity index (χ4v) is 4.36. The van der Waals surface area contributed by atoms with E-state index in [9.17, 15) is 0 Å². The van der Waals surface area contributed by atoms with Gasteiger partial charge in [0.15, 0.2) is 0 Å². The molecule has 2 aliphatic carbocycles. The summed E-state index contributed by atoms with van der Waals surface area (Å²) >= 11 is 0. The number of hydrogen-bond donors (Lipinski definition) is 0. The Kier molecular flexibility index (Phi) is 2.91. The summed E-state index contributed by atoms with van der Waals surface area (Å²) in [5, 5.41) is 0. The van der Waals surface area contributed by atoms with Crippen LogP contribution in [0.3, 0.4) is 0 Å². The van der Waals surface area contributed by atoms with Crippen LogP contribution in [0.25, 0.3) is 0 Å². The van der Waals surface area contributed by atoms with Crippen LogP contribution in [0.15, 0.2) is 0 Å². The zero-order chi connectivity index (χ0) is 10.3.